The monoisotopic (exact) mass is 282 g/mol. The van der Waals surface area contributed by atoms with Crippen LogP contribution in [0.15, 0.2) is 9.98 Å². The molecule has 1 heterocycles. The second-order valence-corrected chi connectivity index (χ2v) is 5.75. The number of hydrogen-bond donors (Lipinski definition) is 0. The van der Waals surface area contributed by atoms with Crippen LogP contribution in [-0.2, 0) is 9.47 Å². The summed E-state index contributed by atoms with van der Waals surface area (Å²) in [5.41, 5.74) is 0. The highest BCUT2D eigenvalue weighted by Crippen LogP contribution is 2.20. The van der Waals surface area contributed by atoms with Crippen molar-refractivity contribution in [1.82, 2.24) is 0 Å². The molecule has 2 atom stereocenters. The van der Waals surface area contributed by atoms with Crippen molar-refractivity contribution in [3.05, 3.63) is 0 Å². The van der Waals surface area contributed by atoms with Crippen LogP contribution < -0.4 is 0 Å². The minimum absolute atomic E-state index is 0.00806. The van der Waals surface area contributed by atoms with E-state index >= 15 is 0 Å². The molecule has 0 amide bonds. The fourth-order valence-electron chi connectivity index (χ4n) is 2.49. The molecule has 1 aliphatic heterocycles. The molecule has 0 N–H and O–H groups in total. The molecule has 0 unspecified atom stereocenters. The topological polar surface area (TPSA) is 43.2 Å². The molecule has 4 nitrogen and oxygen atoms in total. The molecule has 116 valence electrons. The van der Waals surface area contributed by atoms with Gasteiger partial charge < -0.3 is 9.47 Å². The first-order chi connectivity index (χ1) is 9.63. The predicted octanol–water partition coefficient (Wildman–Crippen LogP) is 3.84. The highest BCUT2D eigenvalue weighted by Gasteiger charge is 2.30. The van der Waals surface area contributed by atoms with Gasteiger partial charge in [-0.1, -0.05) is 52.9 Å². The van der Waals surface area contributed by atoms with Gasteiger partial charge in [0.1, 0.15) is 12.1 Å². The van der Waals surface area contributed by atoms with E-state index in [-0.39, 0.29) is 12.1 Å². The predicted molar refractivity (Wildman–Crippen MR) is 84.7 cm³/mol. The molecule has 1 rings (SSSR count). The van der Waals surface area contributed by atoms with Crippen LogP contribution in [0, 0.1) is 5.92 Å². The van der Waals surface area contributed by atoms with Gasteiger partial charge in [-0.05, 0) is 12.3 Å². The maximum Gasteiger partial charge on any atom is 0.209 e. The lowest BCUT2D eigenvalue weighted by Crippen LogP contribution is -2.37. The van der Waals surface area contributed by atoms with Gasteiger partial charge in [0.2, 0.25) is 11.8 Å². The smallest absolute Gasteiger partial charge is 0.209 e. The molecule has 0 radical (unpaired) electrons. The normalized spacial score (nSPS) is 22.5. The summed E-state index contributed by atoms with van der Waals surface area (Å²) < 4.78 is 10.9. The molecule has 20 heavy (non-hydrogen) atoms. The van der Waals surface area contributed by atoms with Crippen LogP contribution in [0.4, 0.5) is 0 Å². The summed E-state index contributed by atoms with van der Waals surface area (Å²) in [4.78, 5) is 9.40. The number of rotatable bonds is 7. The Balaban J connectivity index is 2.60. The van der Waals surface area contributed by atoms with Crippen LogP contribution in [0.3, 0.4) is 0 Å². The van der Waals surface area contributed by atoms with E-state index in [2.05, 4.69) is 25.8 Å². The summed E-state index contributed by atoms with van der Waals surface area (Å²) >= 11 is 0. The second kappa shape index (κ2) is 8.98. The van der Waals surface area contributed by atoms with Crippen LogP contribution in [0.25, 0.3) is 0 Å². The van der Waals surface area contributed by atoms with Gasteiger partial charge in [-0.25, -0.2) is 9.98 Å². The molecule has 0 aromatic carbocycles. The number of nitrogens with zero attached hydrogens (tertiary/aromatic N) is 2. The lowest BCUT2D eigenvalue weighted by molar-refractivity contribution is 0.329. The summed E-state index contributed by atoms with van der Waals surface area (Å²) in [7, 11) is 3.37. The van der Waals surface area contributed by atoms with Crippen LogP contribution in [0.2, 0.25) is 0 Å². The zero-order valence-electron chi connectivity index (χ0n) is 13.7. The van der Waals surface area contributed by atoms with Crippen LogP contribution in [0.5, 0.6) is 0 Å². The average molecular weight is 282 g/mol. The lowest BCUT2D eigenvalue weighted by atomic mass is 10.0. The third-order valence-corrected chi connectivity index (χ3v) is 3.72. The van der Waals surface area contributed by atoms with Crippen molar-refractivity contribution in [3.8, 4) is 0 Å². The van der Waals surface area contributed by atoms with Gasteiger partial charge >= 0.3 is 0 Å². The summed E-state index contributed by atoms with van der Waals surface area (Å²) in [6.07, 6.45) is 7.31. The molecule has 0 saturated heterocycles. The summed E-state index contributed by atoms with van der Waals surface area (Å²) in [6.45, 7) is 6.49. The molecule has 0 aromatic heterocycles. The Morgan fingerprint density at radius 2 is 1.60 bits per heavy atom. The van der Waals surface area contributed by atoms with E-state index in [1.54, 1.807) is 14.2 Å². The molecule has 0 bridgehead atoms. The van der Waals surface area contributed by atoms with Crippen LogP contribution in [-0.4, -0.2) is 38.1 Å². The van der Waals surface area contributed by atoms with E-state index < -0.39 is 0 Å². The zero-order chi connectivity index (χ0) is 15.0. The van der Waals surface area contributed by atoms with E-state index in [9.17, 15) is 0 Å². The van der Waals surface area contributed by atoms with E-state index in [4.69, 9.17) is 14.5 Å². The van der Waals surface area contributed by atoms with Gasteiger partial charge in [0, 0.05) is 0 Å². The van der Waals surface area contributed by atoms with Crippen molar-refractivity contribution in [1.29, 1.82) is 0 Å². The number of methoxy groups -OCH3 is 2. The Kier molecular flexibility index (Phi) is 7.63. The number of aliphatic imine (C=N–C) groups is 2. The van der Waals surface area contributed by atoms with E-state index in [1.807, 2.05) is 0 Å². The lowest BCUT2D eigenvalue weighted by Gasteiger charge is -2.27. The zero-order valence-corrected chi connectivity index (χ0v) is 13.7. The fourth-order valence-corrected chi connectivity index (χ4v) is 2.49. The molecular formula is C16H30N2O2. The van der Waals surface area contributed by atoms with Crippen molar-refractivity contribution in [2.45, 2.75) is 71.4 Å². The second-order valence-electron chi connectivity index (χ2n) is 5.75. The van der Waals surface area contributed by atoms with Crippen LogP contribution in [0.1, 0.15) is 59.3 Å². The Labute approximate surface area is 123 Å². The van der Waals surface area contributed by atoms with Gasteiger partial charge in [0.05, 0.1) is 14.2 Å². The van der Waals surface area contributed by atoms with Crippen molar-refractivity contribution >= 4 is 11.8 Å². The van der Waals surface area contributed by atoms with Gasteiger partial charge in [-0.3, -0.25) is 0 Å². The molecule has 0 fully saturated rings. The number of unbranched alkanes of at least 4 members (excludes halogenated alkanes) is 4. The van der Waals surface area contributed by atoms with Gasteiger partial charge in [0.15, 0.2) is 0 Å². The van der Waals surface area contributed by atoms with Gasteiger partial charge in [-0.2, -0.15) is 0 Å². The first-order valence-electron chi connectivity index (χ1n) is 7.87. The van der Waals surface area contributed by atoms with E-state index in [1.165, 1.54) is 32.1 Å². The van der Waals surface area contributed by atoms with Crippen LogP contribution >= 0.6 is 0 Å². The summed E-state index contributed by atoms with van der Waals surface area (Å²) in [5.74, 6) is 1.88. The maximum absolute atomic E-state index is 5.44. The summed E-state index contributed by atoms with van der Waals surface area (Å²) in [6, 6.07) is 0.0258. The first-order valence-corrected chi connectivity index (χ1v) is 7.87. The SMILES string of the molecule is CCCCCCC[C@H]1N=C(OC)[C@H](C(C)C)N=C1OC. The molecular weight excluding hydrogens is 252 g/mol. The highest BCUT2D eigenvalue weighted by molar-refractivity contribution is 5.94. The van der Waals surface area contributed by atoms with Crippen molar-refractivity contribution < 1.29 is 9.47 Å². The van der Waals surface area contributed by atoms with Crippen molar-refractivity contribution in [2.75, 3.05) is 14.2 Å². The summed E-state index contributed by atoms with van der Waals surface area (Å²) in [5, 5.41) is 0. The average Bonchev–Trinajstić information content (AvgIpc) is 2.46. The van der Waals surface area contributed by atoms with Gasteiger partial charge in [0.25, 0.3) is 0 Å². The molecule has 4 heteroatoms. The Hall–Kier alpha value is -1.06. The molecule has 0 aliphatic carbocycles. The Morgan fingerprint density at radius 1 is 0.950 bits per heavy atom. The third kappa shape index (κ3) is 4.80. The molecule has 0 aromatic rings. The standard InChI is InChI=1S/C16H30N2O2/c1-6-7-8-9-10-11-13-15(19-4)18-14(12(2)3)16(17-13)20-5/h12-14H,6-11H2,1-5H3/t13-,14+/m1/s1. The maximum atomic E-state index is 5.44. The molecule has 1 aliphatic rings. The van der Waals surface area contributed by atoms with E-state index in [0.29, 0.717) is 5.92 Å². The van der Waals surface area contributed by atoms with E-state index in [0.717, 1.165) is 18.2 Å². The number of hydrogen-bond acceptors (Lipinski definition) is 4. The quantitative estimate of drug-likeness (QED) is 0.666. The molecule has 0 saturated carbocycles. The Morgan fingerprint density at radius 3 is 2.15 bits per heavy atom. The molecule has 0 spiro atoms. The largest absolute Gasteiger partial charge is 0.483 e. The van der Waals surface area contributed by atoms with Gasteiger partial charge in [-0.15, -0.1) is 0 Å². The fraction of sp³-hybridized carbons (Fsp3) is 0.875. The Bertz CT molecular complexity index is 337. The highest BCUT2D eigenvalue weighted by atomic mass is 16.5. The number of ether oxygens (including phenoxy) is 2. The minimum Gasteiger partial charge on any atom is -0.483 e. The van der Waals surface area contributed by atoms with Crippen molar-refractivity contribution in [3.63, 3.8) is 0 Å². The van der Waals surface area contributed by atoms with Crippen molar-refractivity contribution in [2.24, 2.45) is 15.9 Å². The first kappa shape index (κ1) is 17.0. The third-order valence-electron chi connectivity index (χ3n) is 3.72. The minimum atomic E-state index is -0.00806.